The van der Waals surface area contributed by atoms with Gasteiger partial charge in [0.15, 0.2) is 0 Å². The number of hydrogen-bond acceptors (Lipinski definition) is 3. The van der Waals surface area contributed by atoms with E-state index in [0.29, 0.717) is 17.3 Å². The van der Waals surface area contributed by atoms with Crippen LogP contribution in [0.1, 0.15) is 62.7 Å². The molecule has 2 aromatic heterocycles. The van der Waals surface area contributed by atoms with Crippen molar-refractivity contribution >= 4 is 28.4 Å². The first-order valence-corrected chi connectivity index (χ1v) is 12.8. The van der Waals surface area contributed by atoms with Gasteiger partial charge in [-0.15, -0.1) is 0 Å². The van der Waals surface area contributed by atoms with Crippen LogP contribution >= 0.6 is 11.6 Å². The smallest absolute Gasteiger partial charge is 0.268 e. The fourth-order valence-electron chi connectivity index (χ4n) is 4.00. The van der Waals surface area contributed by atoms with E-state index in [2.05, 4.69) is 52.9 Å². The molecule has 36 heavy (non-hydrogen) atoms. The highest BCUT2D eigenvalue weighted by Crippen LogP contribution is 2.25. The second-order valence-electron chi connectivity index (χ2n) is 8.67. The molecule has 3 aromatic rings. The molecule has 0 aliphatic heterocycles. The Balaban J connectivity index is 0.000000385. The molecule has 0 saturated carbocycles. The molecular formula is C30H42ClN3O2. The van der Waals surface area contributed by atoms with Crippen molar-refractivity contribution in [3.05, 3.63) is 87.9 Å². The van der Waals surface area contributed by atoms with Gasteiger partial charge in [0.05, 0.1) is 0 Å². The largest absolute Gasteiger partial charge is 0.388 e. The van der Waals surface area contributed by atoms with Crippen molar-refractivity contribution in [1.29, 1.82) is 0 Å². The maximum Gasteiger partial charge on any atom is 0.268 e. The molecule has 2 N–H and O–H groups in total. The summed E-state index contributed by atoms with van der Waals surface area (Å²) in [6, 6.07) is 9.46. The average molecular weight is 512 g/mol. The Labute approximate surface area is 222 Å². The summed E-state index contributed by atoms with van der Waals surface area (Å²) < 4.78 is 4.25. The SMILES string of the molecule is CC.CC1=CC(C)CC(C)=C1.COC.Cc1c(C(=O)NCCc2ccncc2)[nH]c2ccc(Cl)cc12. The van der Waals surface area contributed by atoms with Gasteiger partial charge in [-0.1, -0.05) is 55.7 Å². The molecule has 0 saturated heterocycles. The van der Waals surface area contributed by atoms with Crippen LogP contribution in [0.3, 0.4) is 0 Å². The van der Waals surface area contributed by atoms with Gasteiger partial charge in [-0.25, -0.2) is 0 Å². The Morgan fingerprint density at radius 3 is 2.36 bits per heavy atom. The van der Waals surface area contributed by atoms with Gasteiger partial charge in [-0.3, -0.25) is 9.78 Å². The summed E-state index contributed by atoms with van der Waals surface area (Å²) in [4.78, 5) is 19.5. The van der Waals surface area contributed by atoms with Crippen molar-refractivity contribution in [3.8, 4) is 0 Å². The lowest BCUT2D eigenvalue weighted by Crippen LogP contribution is -2.26. The lowest BCUT2D eigenvalue weighted by atomic mass is 9.93. The topological polar surface area (TPSA) is 67.0 Å². The lowest BCUT2D eigenvalue weighted by Gasteiger charge is -2.13. The van der Waals surface area contributed by atoms with E-state index in [-0.39, 0.29) is 5.91 Å². The van der Waals surface area contributed by atoms with Crippen LogP contribution in [-0.4, -0.2) is 36.6 Å². The molecule has 6 heteroatoms. The van der Waals surface area contributed by atoms with Crippen LogP contribution in [0.5, 0.6) is 0 Å². The van der Waals surface area contributed by atoms with Crippen molar-refractivity contribution < 1.29 is 9.53 Å². The predicted octanol–water partition coefficient (Wildman–Crippen LogP) is 7.70. The molecule has 1 aliphatic rings. The predicted molar refractivity (Wildman–Crippen MR) is 154 cm³/mol. The maximum absolute atomic E-state index is 12.3. The van der Waals surface area contributed by atoms with Crippen molar-refractivity contribution in [2.75, 3.05) is 20.8 Å². The highest BCUT2D eigenvalue weighted by atomic mass is 35.5. The number of nitrogens with zero attached hydrogens (tertiary/aromatic N) is 1. The van der Waals surface area contributed by atoms with E-state index in [4.69, 9.17) is 11.6 Å². The van der Waals surface area contributed by atoms with Crippen molar-refractivity contribution in [1.82, 2.24) is 15.3 Å². The van der Waals surface area contributed by atoms with Crippen molar-refractivity contribution in [2.45, 2.75) is 54.4 Å². The number of rotatable bonds is 4. The van der Waals surface area contributed by atoms with E-state index >= 15 is 0 Å². The summed E-state index contributed by atoms with van der Waals surface area (Å²) >= 11 is 6.01. The second kappa shape index (κ2) is 16.7. The van der Waals surface area contributed by atoms with Gasteiger partial charge < -0.3 is 15.0 Å². The molecule has 1 unspecified atom stereocenters. The quantitative estimate of drug-likeness (QED) is 0.377. The summed E-state index contributed by atoms with van der Waals surface area (Å²) in [5.41, 5.74) is 6.51. The van der Waals surface area contributed by atoms with Gasteiger partial charge in [0, 0.05) is 49.1 Å². The number of ether oxygens (including phenoxy) is 1. The Morgan fingerprint density at radius 2 is 1.78 bits per heavy atom. The molecule has 4 rings (SSSR count). The number of carbonyl (C=O) groups is 1. The zero-order valence-corrected chi connectivity index (χ0v) is 23.8. The van der Waals surface area contributed by atoms with E-state index in [9.17, 15) is 4.79 Å². The molecule has 5 nitrogen and oxygen atoms in total. The van der Waals surface area contributed by atoms with E-state index in [0.717, 1.165) is 34.4 Å². The zero-order valence-electron chi connectivity index (χ0n) is 23.0. The minimum absolute atomic E-state index is 0.0983. The van der Waals surface area contributed by atoms with Gasteiger partial charge in [-0.2, -0.15) is 0 Å². The van der Waals surface area contributed by atoms with Gasteiger partial charge in [0.1, 0.15) is 5.69 Å². The Bertz CT molecular complexity index is 1130. The number of fused-ring (bicyclic) bond motifs is 1. The standard InChI is InChI=1S/C17H16ClN3O.C9H14.C2H6O.C2H6/c1-11-14-10-13(18)2-3-15(14)21-16(11)17(22)20-9-6-12-4-7-19-8-5-12;1-7-4-8(2)6-9(3)5-7;1-3-2;1-2/h2-5,7-8,10,21H,6,9H2,1H3,(H,20,22);4-5,8H,6H2,1-3H3;1-2H3;1-2H3. The van der Waals surface area contributed by atoms with E-state index in [1.165, 1.54) is 17.6 Å². The summed E-state index contributed by atoms with van der Waals surface area (Å²) in [6.07, 6.45) is 10.1. The molecule has 0 radical (unpaired) electrons. The molecule has 1 atom stereocenters. The number of aromatic nitrogens is 2. The van der Waals surface area contributed by atoms with E-state index in [1.54, 1.807) is 26.6 Å². The lowest BCUT2D eigenvalue weighted by molar-refractivity contribution is 0.0949. The molecule has 1 amide bonds. The number of benzene rings is 1. The first-order valence-electron chi connectivity index (χ1n) is 12.5. The number of methoxy groups -OCH3 is 1. The van der Waals surface area contributed by atoms with Gasteiger partial charge in [0.2, 0.25) is 0 Å². The second-order valence-corrected chi connectivity index (χ2v) is 9.10. The molecule has 196 valence electrons. The number of hydrogen-bond donors (Lipinski definition) is 2. The molecular weight excluding hydrogens is 470 g/mol. The molecule has 1 aromatic carbocycles. The summed E-state index contributed by atoms with van der Waals surface area (Å²) in [7, 11) is 3.25. The number of carbonyl (C=O) groups excluding carboxylic acids is 1. The highest BCUT2D eigenvalue weighted by Gasteiger charge is 2.14. The zero-order chi connectivity index (χ0) is 27.1. The summed E-state index contributed by atoms with van der Waals surface area (Å²) in [6.45, 7) is 13.1. The third kappa shape index (κ3) is 10.4. The Morgan fingerprint density at radius 1 is 1.14 bits per heavy atom. The van der Waals surface area contributed by atoms with Gasteiger partial charge in [-0.05, 0) is 81.0 Å². The van der Waals surface area contributed by atoms with Gasteiger partial charge >= 0.3 is 0 Å². The van der Waals surface area contributed by atoms with E-state index < -0.39 is 0 Å². The number of allylic oxidation sites excluding steroid dienone is 4. The number of H-pyrrole nitrogens is 1. The first kappa shape index (κ1) is 31.1. The number of nitrogens with one attached hydrogen (secondary N) is 2. The van der Waals surface area contributed by atoms with Crippen LogP contribution in [-0.2, 0) is 11.2 Å². The van der Waals surface area contributed by atoms with Crippen LogP contribution < -0.4 is 5.32 Å². The number of amides is 1. The Kier molecular flexibility index (Phi) is 14.5. The maximum atomic E-state index is 12.3. The monoisotopic (exact) mass is 511 g/mol. The van der Waals surface area contributed by atoms with Crippen LogP contribution in [0, 0.1) is 12.8 Å². The third-order valence-corrected chi connectivity index (χ3v) is 5.60. The Hall–Kier alpha value is -2.89. The van der Waals surface area contributed by atoms with Crippen LogP contribution in [0.15, 0.2) is 66.0 Å². The number of pyridine rings is 1. The van der Waals surface area contributed by atoms with Gasteiger partial charge in [0.25, 0.3) is 5.91 Å². The van der Waals surface area contributed by atoms with Crippen LogP contribution in [0.4, 0.5) is 0 Å². The number of aryl methyl sites for hydroxylation is 1. The van der Waals surface area contributed by atoms with Crippen molar-refractivity contribution in [2.24, 2.45) is 5.92 Å². The third-order valence-electron chi connectivity index (χ3n) is 5.36. The molecule has 0 spiro atoms. The average Bonchev–Trinajstić information content (AvgIpc) is 3.17. The fraction of sp³-hybridized carbons (Fsp3) is 0.400. The van der Waals surface area contributed by atoms with Crippen LogP contribution in [0.2, 0.25) is 5.02 Å². The van der Waals surface area contributed by atoms with E-state index in [1.807, 2.05) is 51.1 Å². The number of halogens is 1. The molecule has 0 fully saturated rings. The highest BCUT2D eigenvalue weighted by molar-refractivity contribution is 6.31. The first-order chi connectivity index (χ1) is 17.2. The normalized spacial score (nSPS) is 14.1. The minimum atomic E-state index is -0.0983. The summed E-state index contributed by atoms with van der Waals surface area (Å²) in [5, 5.41) is 4.58. The molecule has 1 aliphatic carbocycles. The summed E-state index contributed by atoms with van der Waals surface area (Å²) in [5.74, 6) is 0.661. The van der Waals surface area contributed by atoms with Crippen LogP contribution in [0.25, 0.3) is 10.9 Å². The van der Waals surface area contributed by atoms with Crippen molar-refractivity contribution in [3.63, 3.8) is 0 Å². The fourth-order valence-corrected chi connectivity index (χ4v) is 4.17. The molecule has 0 bridgehead atoms. The number of aromatic amines is 1. The minimum Gasteiger partial charge on any atom is -0.388 e. The molecule has 2 heterocycles.